The van der Waals surface area contributed by atoms with Gasteiger partial charge in [0.05, 0.1) is 4.90 Å². The number of sulfonamides is 1. The van der Waals surface area contributed by atoms with Crippen LogP contribution < -0.4 is 14.2 Å². The number of sulfone groups is 1. The average molecular weight is 588 g/mol. The lowest BCUT2D eigenvalue weighted by Crippen LogP contribution is -2.15. The lowest BCUT2D eigenvalue weighted by atomic mass is 10.1. The fraction of sp³-hybridized carbons (Fsp3) is 0.148. The summed E-state index contributed by atoms with van der Waals surface area (Å²) in [6.07, 6.45) is 0.360. The van der Waals surface area contributed by atoms with Crippen molar-refractivity contribution < 1.29 is 36.2 Å². The number of thiophene rings is 1. The summed E-state index contributed by atoms with van der Waals surface area (Å²) in [5.41, 5.74) is 1.03. The Kier molecular flexibility index (Phi) is 8.90. The van der Waals surface area contributed by atoms with Gasteiger partial charge in [0.1, 0.15) is 29.6 Å². The molecule has 4 rings (SSSR count). The Morgan fingerprint density at radius 2 is 1.49 bits per heavy atom. The Morgan fingerprint density at radius 3 is 2.21 bits per heavy atom. The highest BCUT2D eigenvalue weighted by Crippen LogP contribution is 2.33. The monoisotopic (exact) mass is 587 g/mol. The van der Waals surface area contributed by atoms with E-state index < -0.39 is 25.8 Å². The van der Waals surface area contributed by atoms with Crippen LogP contribution in [0.4, 0.5) is 5.69 Å². The number of benzene rings is 3. The molecule has 12 heteroatoms. The van der Waals surface area contributed by atoms with Crippen LogP contribution in [0.3, 0.4) is 0 Å². The summed E-state index contributed by atoms with van der Waals surface area (Å²) >= 11 is 0.820. The van der Waals surface area contributed by atoms with Gasteiger partial charge in [0, 0.05) is 12.1 Å². The van der Waals surface area contributed by atoms with Gasteiger partial charge >= 0.3 is 5.97 Å². The van der Waals surface area contributed by atoms with Crippen LogP contribution in [0.1, 0.15) is 12.0 Å². The Hall–Kier alpha value is -3.87. The summed E-state index contributed by atoms with van der Waals surface area (Å²) in [7, 11) is -8.20. The van der Waals surface area contributed by atoms with Crippen LogP contribution in [0.5, 0.6) is 11.5 Å². The largest absolute Gasteiger partial charge is 0.490 e. The number of carboxylic acids is 1. The van der Waals surface area contributed by atoms with E-state index in [9.17, 15) is 21.6 Å². The molecule has 2 N–H and O–H groups in total. The van der Waals surface area contributed by atoms with Crippen molar-refractivity contribution in [3.63, 3.8) is 0 Å². The molecule has 0 saturated heterocycles. The van der Waals surface area contributed by atoms with Crippen molar-refractivity contribution in [3.05, 3.63) is 95.9 Å². The number of anilines is 1. The fourth-order valence-corrected chi connectivity index (χ4v) is 8.27. The number of nitrogens with one attached hydrogen (secondary N) is 1. The van der Waals surface area contributed by atoms with Crippen LogP contribution in [0, 0.1) is 0 Å². The minimum Gasteiger partial charge on any atom is -0.490 e. The second-order valence-corrected chi connectivity index (χ2v) is 12.9. The number of hydrogen-bond donors (Lipinski definition) is 2. The van der Waals surface area contributed by atoms with Gasteiger partial charge in [-0.3, -0.25) is 9.52 Å². The fourth-order valence-electron chi connectivity index (χ4n) is 3.63. The summed E-state index contributed by atoms with van der Waals surface area (Å²) in [6.45, 7) is 0.420. The van der Waals surface area contributed by atoms with Gasteiger partial charge in [-0.15, -0.1) is 11.3 Å². The molecular weight excluding hydrogens is 562 g/mol. The Bertz CT molecular complexity index is 1630. The maximum atomic E-state index is 13.1. The molecule has 0 amide bonds. The van der Waals surface area contributed by atoms with Crippen LogP contribution in [0.2, 0.25) is 0 Å². The third-order valence-corrected chi connectivity index (χ3v) is 10.4. The summed E-state index contributed by atoms with van der Waals surface area (Å²) in [6, 6.07) is 22.3. The first kappa shape index (κ1) is 28.1. The Labute approximate surface area is 230 Å². The van der Waals surface area contributed by atoms with Gasteiger partial charge in [-0.2, -0.15) is 0 Å². The molecule has 0 aliphatic heterocycles. The van der Waals surface area contributed by atoms with Gasteiger partial charge in [-0.25, -0.2) is 16.8 Å². The smallest absolute Gasteiger partial charge is 0.303 e. The van der Waals surface area contributed by atoms with E-state index >= 15 is 0 Å². The van der Waals surface area contributed by atoms with E-state index in [0.717, 1.165) is 16.9 Å². The van der Waals surface area contributed by atoms with Crippen molar-refractivity contribution in [3.8, 4) is 11.5 Å². The first-order chi connectivity index (χ1) is 18.7. The van der Waals surface area contributed by atoms with Crippen LogP contribution in [0.25, 0.3) is 0 Å². The van der Waals surface area contributed by atoms with Gasteiger partial charge in [-0.1, -0.05) is 36.4 Å². The molecule has 9 nitrogen and oxygen atoms in total. The highest BCUT2D eigenvalue weighted by atomic mass is 32.2. The molecule has 0 atom stereocenters. The topological polar surface area (TPSA) is 136 Å². The molecule has 0 aliphatic carbocycles. The maximum Gasteiger partial charge on any atom is 0.303 e. The van der Waals surface area contributed by atoms with Gasteiger partial charge in [0.25, 0.3) is 10.0 Å². The number of para-hydroxylation sites is 1. The third kappa shape index (κ3) is 7.16. The van der Waals surface area contributed by atoms with Crippen molar-refractivity contribution >= 4 is 42.9 Å². The molecule has 0 fully saturated rings. The summed E-state index contributed by atoms with van der Waals surface area (Å²) < 4.78 is 65.7. The minimum absolute atomic E-state index is 0.00358. The van der Waals surface area contributed by atoms with Crippen LogP contribution in [-0.4, -0.2) is 41.1 Å². The number of carboxylic acid groups (broad SMARTS) is 1. The number of carbonyl (C=O) groups is 1. The zero-order chi connectivity index (χ0) is 27.9. The van der Waals surface area contributed by atoms with Crippen LogP contribution in [0.15, 0.2) is 104 Å². The predicted molar refractivity (Wildman–Crippen MR) is 147 cm³/mol. The quantitative estimate of drug-likeness (QED) is 0.212. The second kappa shape index (κ2) is 12.3. The number of aliphatic carboxylic acids is 1. The zero-order valence-corrected chi connectivity index (χ0v) is 23.0. The standard InChI is InChI=1S/C27H25NO8S3/c29-26(30)15-10-20-6-4-5-9-24(20)36-18-17-35-22-13-11-21(12-14-22)28-39(33,34)27-25(16-19-37-27)38(31,32)23-7-2-1-3-8-23/h1-9,11-14,16,19,28H,10,15,17-18H2,(H,29,30). The van der Waals surface area contributed by atoms with E-state index in [1.54, 1.807) is 42.5 Å². The van der Waals surface area contributed by atoms with Gasteiger partial charge in [0.15, 0.2) is 4.21 Å². The Morgan fingerprint density at radius 1 is 0.821 bits per heavy atom. The molecule has 3 aromatic carbocycles. The third-order valence-electron chi connectivity index (χ3n) is 5.48. The predicted octanol–water partition coefficient (Wildman–Crippen LogP) is 4.86. The zero-order valence-electron chi connectivity index (χ0n) is 20.5. The van der Waals surface area contributed by atoms with Crippen molar-refractivity contribution in [1.29, 1.82) is 0 Å². The van der Waals surface area contributed by atoms with Crippen molar-refractivity contribution in [2.45, 2.75) is 26.8 Å². The minimum atomic E-state index is -4.18. The lowest BCUT2D eigenvalue weighted by molar-refractivity contribution is -0.136. The maximum absolute atomic E-state index is 13.1. The van der Waals surface area contributed by atoms with Crippen molar-refractivity contribution in [2.75, 3.05) is 17.9 Å². The Balaban J connectivity index is 1.35. The average Bonchev–Trinajstić information content (AvgIpc) is 3.44. The van der Waals surface area contributed by atoms with E-state index in [2.05, 4.69) is 4.72 Å². The molecule has 204 valence electrons. The molecule has 0 spiro atoms. The van der Waals surface area contributed by atoms with E-state index in [1.807, 2.05) is 12.1 Å². The lowest BCUT2D eigenvalue weighted by Gasteiger charge is -2.12. The first-order valence-corrected chi connectivity index (χ1v) is 15.6. The highest BCUT2D eigenvalue weighted by molar-refractivity contribution is 7.96. The number of hydrogen-bond acceptors (Lipinski definition) is 8. The second-order valence-electron chi connectivity index (χ2n) is 8.22. The SMILES string of the molecule is O=C(O)CCc1ccccc1OCCOc1ccc(NS(=O)(=O)c2sccc2S(=O)(=O)c2ccccc2)cc1. The van der Waals surface area contributed by atoms with Crippen LogP contribution >= 0.6 is 11.3 Å². The summed E-state index contributed by atoms with van der Waals surface area (Å²) in [5.74, 6) is 0.186. The highest BCUT2D eigenvalue weighted by Gasteiger charge is 2.29. The van der Waals surface area contributed by atoms with E-state index in [0.29, 0.717) is 17.9 Å². The van der Waals surface area contributed by atoms with E-state index in [4.69, 9.17) is 14.6 Å². The first-order valence-electron chi connectivity index (χ1n) is 11.7. The molecule has 0 radical (unpaired) electrons. The van der Waals surface area contributed by atoms with Gasteiger partial charge in [0.2, 0.25) is 9.84 Å². The van der Waals surface area contributed by atoms with E-state index in [-0.39, 0.29) is 39.3 Å². The van der Waals surface area contributed by atoms with Gasteiger partial charge < -0.3 is 14.6 Å². The van der Waals surface area contributed by atoms with Crippen LogP contribution in [-0.2, 0) is 31.1 Å². The number of aryl methyl sites for hydroxylation is 1. The summed E-state index contributed by atoms with van der Waals surface area (Å²) in [4.78, 5) is 10.6. The molecule has 0 unspecified atom stereocenters. The molecule has 39 heavy (non-hydrogen) atoms. The number of ether oxygens (including phenoxy) is 2. The van der Waals surface area contributed by atoms with Gasteiger partial charge in [-0.05, 0) is 65.9 Å². The molecule has 4 aromatic rings. The molecule has 0 saturated carbocycles. The molecule has 0 bridgehead atoms. The van der Waals surface area contributed by atoms with Crippen molar-refractivity contribution in [1.82, 2.24) is 0 Å². The molecule has 0 aliphatic rings. The molecular formula is C27H25NO8S3. The van der Waals surface area contributed by atoms with Crippen molar-refractivity contribution in [2.24, 2.45) is 0 Å². The molecule has 1 aromatic heterocycles. The van der Waals surface area contributed by atoms with E-state index in [1.165, 1.54) is 35.7 Å². The normalized spacial score (nSPS) is 11.6. The molecule has 1 heterocycles. The number of rotatable bonds is 13. The summed E-state index contributed by atoms with van der Waals surface area (Å²) in [5, 5.41) is 10.3.